The van der Waals surface area contributed by atoms with Gasteiger partial charge in [0.15, 0.2) is 0 Å². The van der Waals surface area contributed by atoms with Gasteiger partial charge in [-0.25, -0.2) is 4.57 Å². The Kier molecular flexibility index (Phi) is 3.60. The van der Waals surface area contributed by atoms with Crippen LogP contribution in [0.2, 0.25) is 0 Å². The fraction of sp³-hybridized carbons (Fsp3) is 0.100. The molecule has 1 amide bonds. The van der Waals surface area contributed by atoms with Crippen molar-refractivity contribution in [1.29, 1.82) is 0 Å². The molecule has 96 valence electrons. The molecule has 0 fully saturated rings. The third kappa shape index (κ3) is 2.62. The molecule has 0 atom stereocenters. The zero-order chi connectivity index (χ0) is 13.8. The lowest BCUT2D eigenvalue weighted by atomic mass is 10.2. The second-order valence-corrected chi connectivity index (χ2v) is 4.44. The van der Waals surface area contributed by atoms with Gasteiger partial charge in [0.25, 0.3) is 5.91 Å². The van der Waals surface area contributed by atoms with Gasteiger partial charge in [0.05, 0.1) is 11.1 Å². The highest BCUT2D eigenvalue weighted by molar-refractivity contribution is 7.12. The maximum Gasteiger partial charge on any atom is 0.323 e. The maximum absolute atomic E-state index is 11.5. The average molecular weight is 277 g/mol. The van der Waals surface area contributed by atoms with Gasteiger partial charge in [-0.3, -0.25) is 4.79 Å². The van der Waals surface area contributed by atoms with Crippen LogP contribution >= 0.6 is 11.3 Å². The standard InChI is InChI=1S/C10H7N5O3S/c11-13-12-10(16)9-7(3-5-19-9)6-14-4-1-2-8(14)15(17)18/h1-5H,6H2. The number of carbonyl (C=O) groups excluding carboxylic acids is 1. The van der Waals surface area contributed by atoms with E-state index in [2.05, 4.69) is 10.0 Å². The quantitative estimate of drug-likeness (QED) is 0.281. The van der Waals surface area contributed by atoms with Gasteiger partial charge in [-0.1, -0.05) is 0 Å². The van der Waals surface area contributed by atoms with Crippen molar-refractivity contribution in [1.82, 2.24) is 4.57 Å². The van der Waals surface area contributed by atoms with Crippen molar-refractivity contribution in [3.63, 3.8) is 0 Å². The highest BCUT2D eigenvalue weighted by Gasteiger charge is 2.17. The van der Waals surface area contributed by atoms with E-state index in [1.165, 1.54) is 10.6 Å². The summed E-state index contributed by atoms with van der Waals surface area (Å²) in [6, 6.07) is 4.61. The first-order valence-electron chi connectivity index (χ1n) is 5.09. The number of aromatic nitrogens is 1. The number of azide groups is 1. The van der Waals surface area contributed by atoms with E-state index < -0.39 is 10.8 Å². The fourth-order valence-electron chi connectivity index (χ4n) is 1.62. The maximum atomic E-state index is 11.5. The van der Waals surface area contributed by atoms with Crippen molar-refractivity contribution in [2.24, 2.45) is 5.11 Å². The summed E-state index contributed by atoms with van der Waals surface area (Å²) in [6.07, 6.45) is 1.55. The topological polar surface area (TPSA) is 114 Å². The number of hydrogen-bond donors (Lipinski definition) is 0. The van der Waals surface area contributed by atoms with Crippen LogP contribution in [-0.2, 0) is 6.54 Å². The van der Waals surface area contributed by atoms with Crippen molar-refractivity contribution in [3.05, 3.63) is 60.8 Å². The molecule has 0 aliphatic heterocycles. The van der Waals surface area contributed by atoms with E-state index in [0.29, 0.717) is 10.4 Å². The van der Waals surface area contributed by atoms with Gasteiger partial charge in [0.2, 0.25) is 0 Å². The minimum absolute atomic E-state index is 0.0617. The van der Waals surface area contributed by atoms with Gasteiger partial charge < -0.3 is 10.1 Å². The number of rotatable bonds is 4. The van der Waals surface area contributed by atoms with Crippen molar-refractivity contribution in [2.75, 3.05) is 0 Å². The third-order valence-corrected chi connectivity index (χ3v) is 3.35. The minimum atomic E-state index is -0.678. The van der Waals surface area contributed by atoms with E-state index in [1.54, 1.807) is 23.7 Å². The smallest absolute Gasteiger partial charge is 0.323 e. The molecule has 0 spiro atoms. The summed E-state index contributed by atoms with van der Waals surface area (Å²) in [7, 11) is 0. The molecule has 2 aromatic rings. The van der Waals surface area contributed by atoms with Gasteiger partial charge in [0, 0.05) is 16.5 Å². The van der Waals surface area contributed by atoms with E-state index in [-0.39, 0.29) is 12.4 Å². The van der Waals surface area contributed by atoms with Crippen LogP contribution in [0.5, 0.6) is 0 Å². The fourth-order valence-corrected chi connectivity index (χ4v) is 2.42. The summed E-state index contributed by atoms with van der Waals surface area (Å²) in [5.41, 5.74) is 8.83. The first kappa shape index (κ1) is 12.8. The van der Waals surface area contributed by atoms with Crippen molar-refractivity contribution in [2.45, 2.75) is 6.54 Å². The van der Waals surface area contributed by atoms with Crippen LogP contribution in [0, 0.1) is 10.1 Å². The van der Waals surface area contributed by atoms with Crippen LogP contribution in [0.1, 0.15) is 15.2 Å². The molecule has 0 saturated carbocycles. The van der Waals surface area contributed by atoms with Gasteiger partial charge >= 0.3 is 5.82 Å². The molecule has 19 heavy (non-hydrogen) atoms. The second-order valence-electron chi connectivity index (χ2n) is 3.52. The Balaban J connectivity index is 2.32. The molecule has 2 aromatic heterocycles. The Morgan fingerprint density at radius 3 is 3.05 bits per heavy atom. The summed E-state index contributed by atoms with van der Waals surface area (Å²) in [4.78, 5) is 24.5. The van der Waals surface area contributed by atoms with Crippen LogP contribution in [0.3, 0.4) is 0 Å². The SMILES string of the molecule is [N-]=[N+]=NC(=O)c1sccc1Cn1cccc1[N+](=O)[O-]. The van der Waals surface area contributed by atoms with E-state index in [9.17, 15) is 14.9 Å². The molecule has 0 aliphatic carbocycles. The number of thiophene rings is 1. The molecule has 9 heteroatoms. The predicted molar refractivity (Wildman–Crippen MR) is 68.0 cm³/mol. The Morgan fingerprint density at radius 2 is 2.37 bits per heavy atom. The lowest BCUT2D eigenvalue weighted by Gasteiger charge is -2.01. The molecule has 8 nitrogen and oxygen atoms in total. The Bertz CT molecular complexity index is 683. The molecule has 0 aromatic carbocycles. The summed E-state index contributed by atoms with van der Waals surface area (Å²) in [6.45, 7) is 0.175. The lowest BCUT2D eigenvalue weighted by molar-refractivity contribution is -0.391. The molecule has 2 heterocycles. The molecule has 0 radical (unpaired) electrons. The number of nitro groups is 1. The summed E-state index contributed by atoms with van der Waals surface area (Å²) in [5.74, 6) is -0.740. The molecule has 0 bridgehead atoms. The molecular formula is C10H7N5O3S. The van der Waals surface area contributed by atoms with Crippen LogP contribution in [-0.4, -0.2) is 15.4 Å². The molecular weight excluding hydrogens is 270 g/mol. The third-order valence-electron chi connectivity index (χ3n) is 2.41. The zero-order valence-electron chi connectivity index (χ0n) is 9.46. The van der Waals surface area contributed by atoms with Crippen molar-refractivity contribution in [3.8, 4) is 0 Å². The van der Waals surface area contributed by atoms with Crippen molar-refractivity contribution < 1.29 is 9.72 Å². The Hall–Kier alpha value is -2.64. The lowest BCUT2D eigenvalue weighted by Crippen LogP contribution is -2.05. The predicted octanol–water partition coefficient (Wildman–Crippen LogP) is 2.96. The number of carbonyl (C=O) groups is 1. The van der Waals surface area contributed by atoms with Crippen molar-refractivity contribution >= 4 is 23.1 Å². The van der Waals surface area contributed by atoms with Crippen LogP contribution in [0.15, 0.2) is 34.9 Å². The normalized spacial score (nSPS) is 9.89. The number of hydrogen-bond acceptors (Lipinski definition) is 4. The summed E-state index contributed by atoms with van der Waals surface area (Å²) < 4.78 is 1.41. The highest BCUT2D eigenvalue weighted by atomic mass is 32.1. The molecule has 0 unspecified atom stereocenters. The summed E-state index contributed by atoms with van der Waals surface area (Å²) in [5, 5.41) is 15.5. The molecule has 2 rings (SSSR count). The van der Waals surface area contributed by atoms with Gasteiger partial charge in [-0.2, -0.15) is 0 Å². The highest BCUT2D eigenvalue weighted by Crippen LogP contribution is 2.22. The van der Waals surface area contributed by atoms with Gasteiger partial charge in [-0.05, 0) is 33.1 Å². The van der Waals surface area contributed by atoms with Crippen LogP contribution in [0.4, 0.5) is 5.82 Å². The largest absolute Gasteiger partial charge is 0.358 e. The minimum Gasteiger partial charge on any atom is -0.358 e. The molecule has 0 saturated heterocycles. The van der Waals surface area contributed by atoms with E-state index >= 15 is 0 Å². The van der Waals surface area contributed by atoms with Crippen LogP contribution in [0.25, 0.3) is 10.4 Å². The van der Waals surface area contributed by atoms with Gasteiger partial charge in [-0.15, -0.1) is 11.3 Å². The zero-order valence-corrected chi connectivity index (χ0v) is 10.3. The molecule has 0 N–H and O–H groups in total. The second kappa shape index (κ2) is 5.34. The number of nitrogens with zero attached hydrogens (tertiary/aromatic N) is 5. The van der Waals surface area contributed by atoms with Gasteiger partial charge in [0.1, 0.15) is 6.54 Å². The average Bonchev–Trinajstić information content (AvgIpc) is 2.98. The Morgan fingerprint density at radius 1 is 1.58 bits per heavy atom. The van der Waals surface area contributed by atoms with E-state index in [4.69, 9.17) is 5.53 Å². The monoisotopic (exact) mass is 277 g/mol. The first-order chi connectivity index (χ1) is 9.13. The van der Waals surface area contributed by atoms with E-state index in [0.717, 1.165) is 11.3 Å². The molecule has 0 aliphatic rings. The van der Waals surface area contributed by atoms with E-state index in [1.807, 2.05) is 0 Å². The Labute approximate surface area is 110 Å². The first-order valence-corrected chi connectivity index (χ1v) is 5.96. The van der Waals surface area contributed by atoms with Crippen LogP contribution < -0.4 is 0 Å². The number of amides is 1. The summed E-state index contributed by atoms with van der Waals surface area (Å²) >= 11 is 1.14.